The van der Waals surface area contributed by atoms with Gasteiger partial charge in [0.1, 0.15) is 5.82 Å². The zero-order valence-electron chi connectivity index (χ0n) is 20.0. The monoisotopic (exact) mass is 508 g/mol. The fourth-order valence-electron chi connectivity index (χ4n) is 4.22. The summed E-state index contributed by atoms with van der Waals surface area (Å²) in [5, 5.41) is 4.14. The average molecular weight is 509 g/mol. The molecule has 8 heteroatoms. The second-order valence-corrected chi connectivity index (χ2v) is 9.25. The highest BCUT2D eigenvalue weighted by Gasteiger charge is 2.26. The van der Waals surface area contributed by atoms with Crippen molar-refractivity contribution in [2.45, 2.75) is 33.7 Å². The lowest BCUT2D eigenvalue weighted by Crippen LogP contribution is -2.39. The summed E-state index contributed by atoms with van der Waals surface area (Å²) < 4.78 is 1.62. The molecule has 4 aromatic rings. The molecule has 2 amide bonds. The quantitative estimate of drug-likeness (QED) is 0.318. The Morgan fingerprint density at radius 2 is 1.80 bits per heavy atom. The van der Waals surface area contributed by atoms with E-state index in [0.717, 1.165) is 16.8 Å². The zero-order chi connectivity index (χ0) is 25.3. The molecule has 1 aromatic heterocycles. The molecule has 0 fully saturated rings. The van der Waals surface area contributed by atoms with Crippen LogP contribution >= 0.6 is 23.2 Å². The molecule has 0 spiro atoms. The number of carbonyl (C=O) groups is 1. The highest BCUT2D eigenvalue weighted by molar-refractivity contribution is 6.42. The van der Waals surface area contributed by atoms with E-state index in [0.29, 0.717) is 39.0 Å². The number of hydrogen-bond donors (Lipinski definition) is 1. The Balaban J connectivity index is 1.82. The number of hydrogen-bond acceptors (Lipinski definition) is 3. The van der Waals surface area contributed by atoms with Crippen molar-refractivity contribution in [2.24, 2.45) is 0 Å². The molecule has 1 atom stereocenters. The Kier molecular flexibility index (Phi) is 7.15. The summed E-state index contributed by atoms with van der Waals surface area (Å²) in [7, 11) is 0. The predicted octanol–water partition coefficient (Wildman–Crippen LogP) is 6.92. The third-order valence-corrected chi connectivity index (χ3v) is 6.75. The van der Waals surface area contributed by atoms with E-state index < -0.39 is 6.04 Å². The molecule has 0 aliphatic carbocycles. The standard InChI is InChI=1S/C27H26Cl2N4O2/c1-5-32(27(35)30-19-11-12-21(28)22(29)15-19)18(4)25-31-23-9-7-6-8-20(23)26(34)33(25)24-13-10-16(2)14-17(24)3/h6-15,18H,5H2,1-4H3,(H,30,35). The van der Waals surface area contributed by atoms with Crippen molar-refractivity contribution in [3.05, 3.63) is 98.0 Å². The minimum atomic E-state index is -0.513. The van der Waals surface area contributed by atoms with Crippen molar-refractivity contribution in [2.75, 3.05) is 11.9 Å². The maximum Gasteiger partial charge on any atom is 0.322 e. The normalized spacial score (nSPS) is 11.9. The van der Waals surface area contributed by atoms with Crippen molar-refractivity contribution in [1.29, 1.82) is 0 Å². The first-order valence-corrected chi connectivity index (χ1v) is 12.1. The van der Waals surface area contributed by atoms with Gasteiger partial charge >= 0.3 is 6.03 Å². The molecular formula is C27H26Cl2N4O2. The van der Waals surface area contributed by atoms with Gasteiger partial charge in [0.05, 0.1) is 32.7 Å². The van der Waals surface area contributed by atoms with Gasteiger partial charge in [0.2, 0.25) is 0 Å². The van der Waals surface area contributed by atoms with Crippen molar-refractivity contribution in [3.63, 3.8) is 0 Å². The lowest BCUT2D eigenvalue weighted by atomic mass is 10.1. The van der Waals surface area contributed by atoms with Gasteiger partial charge in [0.25, 0.3) is 5.56 Å². The van der Waals surface area contributed by atoms with Gasteiger partial charge in [-0.3, -0.25) is 9.36 Å². The van der Waals surface area contributed by atoms with Gasteiger partial charge in [0.15, 0.2) is 0 Å². The van der Waals surface area contributed by atoms with Crippen LogP contribution in [0.3, 0.4) is 0 Å². The highest BCUT2D eigenvalue weighted by atomic mass is 35.5. The van der Waals surface area contributed by atoms with Crippen molar-refractivity contribution in [1.82, 2.24) is 14.5 Å². The van der Waals surface area contributed by atoms with Gasteiger partial charge in [-0.15, -0.1) is 0 Å². The van der Waals surface area contributed by atoms with Crippen LogP contribution in [0.2, 0.25) is 10.0 Å². The zero-order valence-corrected chi connectivity index (χ0v) is 21.5. The third-order valence-electron chi connectivity index (χ3n) is 6.01. The molecular weight excluding hydrogens is 483 g/mol. The Morgan fingerprint density at radius 3 is 2.49 bits per heavy atom. The van der Waals surface area contributed by atoms with E-state index in [-0.39, 0.29) is 11.6 Å². The molecule has 1 N–H and O–H groups in total. The lowest BCUT2D eigenvalue weighted by Gasteiger charge is -2.30. The molecule has 0 aliphatic rings. The van der Waals surface area contributed by atoms with Gasteiger partial charge in [0, 0.05) is 12.2 Å². The van der Waals surface area contributed by atoms with E-state index in [1.807, 2.05) is 64.1 Å². The molecule has 4 rings (SSSR count). The number of fused-ring (bicyclic) bond motifs is 1. The van der Waals surface area contributed by atoms with E-state index in [9.17, 15) is 9.59 Å². The molecule has 35 heavy (non-hydrogen) atoms. The smallest absolute Gasteiger partial charge is 0.315 e. The van der Waals surface area contributed by atoms with Crippen LogP contribution in [0.1, 0.15) is 36.8 Å². The van der Waals surface area contributed by atoms with Crippen LogP contribution in [0.15, 0.2) is 65.5 Å². The Bertz CT molecular complexity index is 1480. The summed E-state index contributed by atoms with van der Waals surface area (Å²) in [5.74, 6) is 0.479. The Morgan fingerprint density at radius 1 is 1.06 bits per heavy atom. The fourth-order valence-corrected chi connectivity index (χ4v) is 4.52. The van der Waals surface area contributed by atoms with Crippen LogP contribution in [0, 0.1) is 13.8 Å². The summed E-state index contributed by atoms with van der Waals surface area (Å²) in [6, 6.07) is 17.2. The second-order valence-electron chi connectivity index (χ2n) is 8.44. The Labute approximate surface area is 214 Å². The van der Waals surface area contributed by atoms with Gasteiger partial charge in [-0.05, 0) is 69.7 Å². The number of anilines is 1. The number of halogens is 2. The number of benzene rings is 3. The number of carbonyl (C=O) groups excluding carboxylic acids is 1. The highest BCUT2D eigenvalue weighted by Crippen LogP contribution is 2.27. The molecule has 3 aromatic carbocycles. The molecule has 6 nitrogen and oxygen atoms in total. The van der Waals surface area contributed by atoms with Crippen LogP contribution in [-0.2, 0) is 0 Å². The van der Waals surface area contributed by atoms with Crippen LogP contribution in [0.25, 0.3) is 16.6 Å². The van der Waals surface area contributed by atoms with E-state index in [4.69, 9.17) is 28.2 Å². The first kappa shape index (κ1) is 24.8. The maximum absolute atomic E-state index is 13.7. The number of aryl methyl sites for hydroxylation is 2. The summed E-state index contributed by atoms with van der Waals surface area (Å²) in [6.45, 7) is 8.12. The molecule has 0 saturated carbocycles. The predicted molar refractivity (Wildman–Crippen MR) is 143 cm³/mol. The summed E-state index contributed by atoms with van der Waals surface area (Å²) in [4.78, 5) is 33.5. The number of urea groups is 1. The van der Waals surface area contributed by atoms with Crippen molar-refractivity contribution < 1.29 is 4.79 Å². The number of aromatic nitrogens is 2. The van der Waals surface area contributed by atoms with Crippen LogP contribution in [0.5, 0.6) is 0 Å². The van der Waals surface area contributed by atoms with Gasteiger partial charge in [-0.1, -0.05) is 53.0 Å². The number of nitrogens with zero attached hydrogens (tertiary/aromatic N) is 3. The number of nitrogens with one attached hydrogen (secondary N) is 1. The second kappa shape index (κ2) is 10.1. The van der Waals surface area contributed by atoms with Crippen molar-refractivity contribution in [3.8, 4) is 5.69 Å². The summed E-state index contributed by atoms with van der Waals surface area (Å²) in [5.41, 5.74) is 3.71. The summed E-state index contributed by atoms with van der Waals surface area (Å²) >= 11 is 12.1. The number of amides is 2. The van der Waals surface area contributed by atoms with Gasteiger partial charge in [-0.2, -0.15) is 0 Å². The van der Waals surface area contributed by atoms with Crippen LogP contribution < -0.4 is 10.9 Å². The first-order chi connectivity index (χ1) is 16.7. The van der Waals surface area contributed by atoms with Gasteiger partial charge < -0.3 is 10.2 Å². The molecule has 180 valence electrons. The topological polar surface area (TPSA) is 67.2 Å². The summed E-state index contributed by atoms with van der Waals surface area (Å²) in [6.07, 6.45) is 0. The van der Waals surface area contributed by atoms with E-state index >= 15 is 0 Å². The number of para-hydroxylation sites is 1. The molecule has 0 aliphatic heterocycles. The van der Waals surface area contributed by atoms with E-state index in [2.05, 4.69) is 5.32 Å². The SMILES string of the molecule is CCN(C(=O)Nc1ccc(Cl)c(Cl)c1)C(C)c1nc2ccccc2c(=O)n1-c1ccc(C)cc1C. The first-order valence-electron chi connectivity index (χ1n) is 11.3. The Hall–Kier alpha value is -3.35. The van der Waals surface area contributed by atoms with E-state index in [1.165, 1.54) is 0 Å². The average Bonchev–Trinajstić information content (AvgIpc) is 2.82. The maximum atomic E-state index is 13.7. The number of rotatable bonds is 5. The van der Waals surface area contributed by atoms with Crippen molar-refractivity contribution >= 4 is 45.8 Å². The van der Waals surface area contributed by atoms with Gasteiger partial charge in [-0.25, -0.2) is 9.78 Å². The van der Waals surface area contributed by atoms with E-state index in [1.54, 1.807) is 33.7 Å². The minimum Gasteiger partial charge on any atom is -0.315 e. The van der Waals surface area contributed by atoms with Crippen LogP contribution in [0.4, 0.5) is 10.5 Å². The fraction of sp³-hybridized carbons (Fsp3) is 0.222. The lowest BCUT2D eigenvalue weighted by molar-refractivity contribution is 0.193. The molecule has 0 radical (unpaired) electrons. The molecule has 1 heterocycles. The molecule has 0 saturated heterocycles. The molecule has 1 unspecified atom stereocenters. The largest absolute Gasteiger partial charge is 0.322 e. The van der Waals surface area contributed by atoms with Crippen LogP contribution in [-0.4, -0.2) is 27.0 Å². The molecule has 0 bridgehead atoms. The third kappa shape index (κ3) is 4.90. The minimum absolute atomic E-state index is 0.176.